The predicted octanol–water partition coefficient (Wildman–Crippen LogP) is -49.3. The van der Waals surface area contributed by atoms with Gasteiger partial charge in [0, 0.05) is 31.2 Å². The van der Waals surface area contributed by atoms with E-state index in [2.05, 4.69) is 0 Å². The van der Waals surface area contributed by atoms with Crippen molar-refractivity contribution in [2.75, 3.05) is 0 Å². The molecule has 0 aromatic carbocycles. The standard InChI is InChI=1S/2Al.3H2O4S.54H2O/c;;3*1-5(2,3)4;;;;;;;;;;;;;;;;;;;;;;;;;;;;;;;;;;;;;;;;;;;;;;;;;;;;;;/h;;3*(H2,1,2,3,4);54*1H2/q2*+3;;;;;;;;;;;;;;;;;;;;;;;;;;;;;;;;;;;;;;;;;;;;;;;;;;;;;;;;;/p-6. The summed E-state index contributed by atoms with van der Waals surface area (Å²) in [7, 11) is -15.5. The van der Waals surface area contributed by atoms with Gasteiger partial charge in [0.05, 0.1) is 0 Å². The summed E-state index contributed by atoms with van der Waals surface area (Å²) in [4.78, 5) is 0. The van der Waals surface area contributed by atoms with Crippen LogP contribution in [0.2, 0.25) is 0 Å². The summed E-state index contributed by atoms with van der Waals surface area (Å²) in [6, 6.07) is 0. The minimum atomic E-state index is -5.17. The minimum Gasteiger partial charge on any atom is -0.759 e. The molecule has 66 nitrogen and oxygen atoms in total. The number of rotatable bonds is 0. The molecule has 0 spiro atoms. The zero-order valence-corrected chi connectivity index (χ0v) is 39.0. The second-order valence-electron chi connectivity index (χ2n) is 1.22. The van der Waals surface area contributed by atoms with Gasteiger partial charge in [-0.1, -0.05) is 0 Å². The van der Waals surface area contributed by atoms with Gasteiger partial charge in [-0.05, 0) is 0 Å². The molecule has 0 bridgehead atoms. The van der Waals surface area contributed by atoms with Crippen LogP contribution in [0, 0.1) is 0 Å². The van der Waals surface area contributed by atoms with Gasteiger partial charge in [-0.25, -0.2) is 0 Å². The molecule has 0 unspecified atom stereocenters. The van der Waals surface area contributed by atoms with Crippen LogP contribution in [0.1, 0.15) is 0 Å². The van der Waals surface area contributed by atoms with E-state index in [0.29, 0.717) is 0 Å². The molecule has 0 saturated heterocycles. The third-order valence-electron chi connectivity index (χ3n) is 0. The topological polar surface area (TPSA) is 1940 Å². The second kappa shape index (κ2) is 1150. The van der Waals surface area contributed by atoms with Crippen molar-refractivity contribution in [2.45, 2.75) is 0 Å². The summed E-state index contributed by atoms with van der Waals surface area (Å²) in [5, 5.41) is 0. The molecule has 528 valence electrons. The maximum atomic E-state index is 8.52. The maximum Gasteiger partial charge on any atom is 3.00 e. The zero-order chi connectivity index (χ0) is 13.5. The van der Waals surface area contributed by atoms with Gasteiger partial charge in [0.2, 0.25) is 0 Å². The summed E-state index contributed by atoms with van der Waals surface area (Å²) >= 11 is 0. The van der Waals surface area contributed by atoms with E-state index in [1.807, 2.05) is 0 Å². The van der Waals surface area contributed by atoms with E-state index < -0.39 is 31.2 Å². The summed E-state index contributed by atoms with van der Waals surface area (Å²) in [6.07, 6.45) is 0. The van der Waals surface area contributed by atoms with Crippen LogP contribution in [-0.4, -0.2) is 383 Å². The molecular weight excluding hydrogens is 1210 g/mol. The molecule has 0 aromatic heterocycles. The Hall–Kier alpha value is -1.49. The monoisotopic (exact) mass is 1310 g/mol. The molecule has 0 aliphatic rings. The van der Waals surface area contributed by atoms with Crippen LogP contribution in [0.15, 0.2) is 0 Å². The molecule has 0 amide bonds. The molecule has 108 N–H and O–H groups in total. The van der Waals surface area contributed by atoms with Crippen LogP contribution in [0.25, 0.3) is 0 Å². The van der Waals surface area contributed by atoms with E-state index in [4.69, 9.17) is 52.6 Å². The van der Waals surface area contributed by atoms with Crippen molar-refractivity contribution in [1.29, 1.82) is 0 Å². The average molecular weight is 1310 g/mol. The molecule has 0 saturated carbocycles. The van der Waals surface area contributed by atoms with Gasteiger partial charge in [-0.3, -0.25) is 25.3 Å². The van der Waals surface area contributed by atoms with E-state index in [0.717, 1.165) is 0 Å². The van der Waals surface area contributed by atoms with Gasteiger partial charge in [0.15, 0.2) is 0 Å². The van der Waals surface area contributed by atoms with E-state index >= 15 is 0 Å². The fourth-order valence-corrected chi connectivity index (χ4v) is 0. The Balaban J connectivity index is -0.000000000383. The van der Waals surface area contributed by atoms with Crippen molar-refractivity contribution in [2.24, 2.45) is 0 Å². The molecule has 0 aliphatic carbocycles. The third kappa shape index (κ3) is 137000. The van der Waals surface area contributed by atoms with E-state index in [9.17, 15) is 0 Å². The van der Waals surface area contributed by atoms with Gasteiger partial charge in [-0.2, -0.15) is 0 Å². The molecule has 71 heavy (non-hydrogen) atoms. The number of hydrogen-bond acceptors (Lipinski definition) is 12. The maximum absolute atomic E-state index is 8.52. The summed E-state index contributed by atoms with van der Waals surface area (Å²) < 4.78 is 102. The van der Waals surface area contributed by atoms with Crippen molar-refractivity contribution in [1.82, 2.24) is 0 Å². The summed E-state index contributed by atoms with van der Waals surface area (Å²) in [5.41, 5.74) is 0. The first-order valence-corrected chi connectivity index (χ1v) is 6.00. The smallest absolute Gasteiger partial charge is 0.759 e. The molecule has 0 fully saturated rings. The Labute approximate surface area is 414 Å². The molecule has 0 aliphatic heterocycles. The Bertz CT molecular complexity index is 352. The molecule has 71 heteroatoms. The van der Waals surface area contributed by atoms with Crippen LogP contribution in [-0.2, 0) is 31.2 Å². The Morgan fingerprint density at radius 2 is 0.113 bits per heavy atom. The van der Waals surface area contributed by atoms with E-state index in [1.165, 1.54) is 0 Å². The van der Waals surface area contributed by atoms with Gasteiger partial charge in [-0.15, -0.1) is 0 Å². The van der Waals surface area contributed by atoms with Crippen molar-refractivity contribution < 1.29 is 348 Å². The van der Waals surface area contributed by atoms with Crippen molar-refractivity contribution in [3.8, 4) is 0 Å². The van der Waals surface area contributed by atoms with Gasteiger partial charge in [0.1, 0.15) is 0 Å². The molecule has 0 radical (unpaired) electrons. The third-order valence-corrected chi connectivity index (χ3v) is 0. The summed E-state index contributed by atoms with van der Waals surface area (Å²) in [6.45, 7) is 0. The fraction of sp³-hybridized carbons (Fsp3) is 0. The van der Waals surface area contributed by atoms with Crippen LogP contribution >= 0.6 is 0 Å². The first-order valence-electron chi connectivity index (χ1n) is 2.00. The first kappa shape index (κ1) is 2950. The van der Waals surface area contributed by atoms with Crippen LogP contribution in [0.4, 0.5) is 0 Å². The second-order valence-corrected chi connectivity index (χ2v) is 3.67. The average Bonchev–Trinajstić information content (AvgIpc) is 1.41. The minimum absolute atomic E-state index is 0. The SMILES string of the molecule is O.O.O.O.O.O.O.O.O.O.O.O.O.O.O.O.O.O.O.O.O.O.O.O.O.O.O.O.O.O.O.O.O.O.O.O.O.O.O.O.O.O.O.O.O.O.O.O.O.O.O.O.O.O.O=S(=O)([O-])[O-].O=S(=O)([O-])[O-].O=S(=O)([O-])[O-].[Al+3].[Al+3]. The molecule has 0 rings (SSSR count). The molecule has 0 aromatic rings. The van der Waals surface area contributed by atoms with Crippen molar-refractivity contribution in [3.05, 3.63) is 0 Å². The Kier molecular flexibility index (Phi) is 47600. The first-order chi connectivity index (χ1) is 6.00. The Morgan fingerprint density at radius 3 is 0.113 bits per heavy atom. The van der Waals surface area contributed by atoms with Gasteiger partial charge >= 0.3 is 34.7 Å². The van der Waals surface area contributed by atoms with Crippen LogP contribution in [0.5, 0.6) is 0 Å². The molecular formula is H108Al2O66S3. The predicted molar refractivity (Wildman–Crippen MR) is 238 cm³/mol. The van der Waals surface area contributed by atoms with Gasteiger partial charge < -0.3 is 323 Å². The zero-order valence-electron chi connectivity index (χ0n) is 34.3. The van der Waals surface area contributed by atoms with Gasteiger partial charge in [0.25, 0.3) is 0 Å². The van der Waals surface area contributed by atoms with E-state index in [-0.39, 0.29) is 330 Å². The van der Waals surface area contributed by atoms with E-state index in [1.54, 1.807) is 0 Å². The normalized spacial score (nSPS) is 2.45. The summed E-state index contributed by atoms with van der Waals surface area (Å²) in [5.74, 6) is 0. The quantitative estimate of drug-likeness (QED) is 0.124. The van der Waals surface area contributed by atoms with Crippen molar-refractivity contribution in [3.63, 3.8) is 0 Å². The van der Waals surface area contributed by atoms with Crippen molar-refractivity contribution >= 4 is 65.9 Å². The molecule has 0 atom stereocenters. The van der Waals surface area contributed by atoms with Crippen LogP contribution in [0.3, 0.4) is 0 Å². The largest absolute Gasteiger partial charge is 3.00 e. The Morgan fingerprint density at radius 1 is 0.113 bits per heavy atom. The fourth-order valence-electron chi connectivity index (χ4n) is 0. The molecule has 0 heterocycles. The number of hydrogen-bond donors (Lipinski definition) is 0. The van der Waals surface area contributed by atoms with Crippen LogP contribution < -0.4 is 0 Å².